The van der Waals surface area contributed by atoms with Crippen LogP contribution in [0.1, 0.15) is 0 Å². The number of benzene rings is 18. The van der Waals surface area contributed by atoms with Crippen LogP contribution >= 0.6 is 0 Å². The molecule has 6 nitrogen and oxygen atoms in total. The van der Waals surface area contributed by atoms with E-state index in [1.165, 1.54) is 64.1 Å². The summed E-state index contributed by atoms with van der Waals surface area (Å²) < 4.78 is 14.1. The molecule has 0 unspecified atom stereocenters. The number of hydrogen-bond acceptors (Lipinski definition) is 6. The van der Waals surface area contributed by atoms with Gasteiger partial charge in [0, 0.05) is 95.3 Å². The molecule has 0 spiro atoms. The van der Waals surface area contributed by atoms with E-state index in [0.29, 0.717) is 0 Å². The highest BCUT2D eigenvalue weighted by molar-refractivity contribution is 7.23. The van der Waals surface area contributed by atoms with Crippen LogP contribution in [0.4, 0.5) is 68.2 Å². The number of nitrogens with zero attached hydrogens (tertiary/aromatic N) is 4. The predicted octanol–water partition coefficient (Wildman–Crippen LogP) is 27.6. The lowest BCUT2D eigenvalue weighted by Gasteiger charge is -2.30. The summed E-state index contributed by atoms with van der Waals surface area (Å²) in [6.45, 7) is 4.92. The first-order valence-electron chi connectivity index (χ1n) is 41.8. The van der Waals surface area contributed by atoms with E-state index in [2.05, 4.69) is 506 Å². The normalized spacial score (nSPS) is 12.5. The Kier molecular flexibility index (Phi) is 19.4. The Labute approximate surface area is 714 Å². The second-order valence-electron chi connectivity index (χ2n) is 31.9. The first-order chi connectivity index (χ1) is 60.3. The molecule has 0 bridgehead atoms. The second kappa shape index (κ2) is 31.8. The van der Waals surface area contributed by atoms with Crippen molar-refractivity contribution in [3.8, 4) is 67.2 Å². The third kappa shape index (κ3) is 13.5. The highest BCUT2D eigenvalue weighted by atomic mass is 28.3. The molecular weight excluding hydrogens is 1510 g/mol. The van der Waals surface area contributed by atoms with Crippen molar-refractivity contribution < 1.29 is 8.83 Å². The van der Waals surface area contributed by atoms with Crippen LogP contribution in [0, 0.1) is 0 Å². The summed E-state index contributed by atoms with van der Waals surface area (Å²) in [6, 6.07) is 170. The molecule has 2 aromatic heterocycles. The summed E-state index contributed by atoms with van der Waals surface area (Å²) in [4.78, 5) is 9.19. The molecule has 0 saturated carbocycles. The molecule has 0 atom stereocenters. The Hall–Kier alpha value is -15.3. The van der Waals surface area contributed by atoms with Crippen molar-refractivity contribution in [2.45, 2.75) is 13.1 Å². The molecule has 4 heterocycles. The van der Waals surface area contributed by atoms with Gasteiger partial charge >= 0.3 is 0 Å². The van der Waals surface area contributed by atoms with Crippen molar-refractivity contribution in [2.24, 2.45) is 0 Å². The molecule has 8 heteroatoms. The first kappa shape index (κ1) is 74.2. The molecular formula is C114H84N4O2Si2. The molecule has 20 aromatic rings. The van der Waals surface area contributed by atoms with Gasteiger partial charge in [0.1, 0.15) is 30.8 Å². The van der Waals surface area contributed by atoms with Crippen molar-refractivity contribution in [1.29, 1.82) is 0 Å². The molecule has 122 heavy (non-hydrogen) atoms. The van der Waals surface area contributed by atoms with Crippen LogP contribution in [0.25, 0.3) is 89.1 Å². The van der Waals surface area contributed by atoms with Gasteiger partial charge in [-0.1, -0.05) is 316 Å². The van der Waals surface area contributed by atoms with Gasteiger partial charge in [-0.05, 0) is 240 Å². The minimum Gasteiger partial charge on any atom is -0.456 e. The van der Waals surface area contributed by atoms with Crippen molar-refractivity contribution in [3.05, 3.63) is 473 Å². The van der Waals surface area contributed by atoms with Gasteiger partial charge in [-0.15, -0.1) is 0 Å². The molecule has 0 N–H and O–H groups in total. The topological polar surface area (TPSA) is 39.2 Å². The van der Waals surface area contributed by atoms with Crippen LogP contribution in [0.3, 0.4) is 0 Å². The van der Waals surface area contributed by atoms with Gasteiger partial charge in [0.25, 0.3) is 0 Å². The summed E-state index contributed by atoms with van der Waals surface area (Å²) in [6.07, 6.45) is 0. The summed E-state index contributed by atoms with van der Waals surface area (Å²) in [7, 11) is -4.85. The van der Waals surface area contributed by atoms with Crippen LogP contribution in [-0.4, -0.2) is 16.1 Å². The lowest BCUT2D eigenvalue weighted by atomic mass is 10.0. The maximum Gasteiger partial charge on any atom is 0.185 e. The fraction of sp³-hybridized carbons (Fsp3) is 0.0175. The number of para-hydroxylation sites is 8. The number of rotatable bonds is 18. The smallest absolute Gasteiger partial charge is 0.185 e. The van der Waals surface area contributed by atoms with Crippen molar-refractivity contribution >= 4 is 137 Å². The minimum absolute atomic E-state index is 0.905. The van der Waals surface area contributed by atoms with Gasteiger partial charge in [-0.3, -0.25) is 0 Å². The van der Waals surface area contributed by atoms with Crippen LogP contribution in [0.5, 0.6) is 0 Å². The predicted molar refractivity (Wildman–Crippen MR) is 518 cm³/mol. The monoisotopic (exact) mass is 1600 g/mol. The van der Waals surface area contributed by atoms with Gasteiger partial charge < -0.3 is 28.4 Å². The molecule has 2 aliphatic rings. The highest BCUT2D eigenvalue weighted by Gasteiger charge is 2.52. The zero-order valence-electron chi connectivity index (χ0n) is 67.6. The van der Waals surface area contributed by atoms with Gasteiger partial charge in [0.15, 0.2) is 8.07 Å². The third-order valence-electron chi connectivity index (χ3n) is 24.3. The van der Waals surface area contributed by atoms with E-state index in [4.69, 9.17) is 8.83 Å². The average Bonchev–Trinajstić information content (AvgIpc) is 1.53. The van der Waals surface area contributed by atoms with Crippen molar-refractivity contribution in [1.82, 2.24) is 0 Å². The fourth-order valence-corrected chi connectivity index (χ4v) is 27.2. The quantitative estimate of drug-likeness (QED) is 0.0798. The van der Waals surface area contributed by atoms with Gasteiger partial charge in [-0.25, -0.2) is 0 Å². The maximum atomic E-state index is 7.23. The van der Waals surface area contributed by atoms with E-state index < -0.39 is 16.1 Å². The molecule has 0 amide bonds. The molecule has 0 radical (unpaired) electrons. The van der Waals surface area contributed by atoms with Crippen molar-refractivity contribution in [3.63, 3.8) is 0 Å². The Morgan fingerprint density at radius 3 is 0.689 bits per heavy atom. The van der Waals surface area contributed by atoms with Gasteiger partial charge in [-0.2, -0.15) is 0 Å². The van der Waals surface area contributed by atoms with E-state index in [9.17, 15) is 0 Å². The Morgan fingerprint density at radius 2 is 0.402 bits per heavy atom. The molecule has 18 aromatic carbocycles. The lowest BCUT2D eigenvalue weighted by molar-refractivity contribution is 0.634. The second-order valence-corrected chi connectivity index (χ2v) is 39.9. The van der Waals surface area contributed by atoms with Crippen LogP contribution < -0.4 is 50.7 Å². The zero-order chi connectivity index (χ0) is 81.5. The fourth-order valence-electron chi connectivity index (χ4n) is 18.6. The number of fused-ring (bicyclic) bond motifs is 10. The largest absolute Gasteiger partial charge is 0.456 e. The molecule has 2 aliphatic heterocycles. The van der Waals surface area contributed by atoms with Gasteiger partial charge in [0.05, 0.1) is 0 Å². The molecule has 0 saturated heterocycles. The number of hydrogen-bond donors (Lipinski definition) is 0. The SMILES string of the molecule is C[Si]1(C)c2ccc(-c3ccc(N(c4ccccc4)c4ccccc4)cc3)cc2-c2oc3cc(-c4ccc(N(c5ccccc5)c5ccccc5)cc4)ccc3c21.c1ccc(N(c2ccccc2)c2ccc(-c3ccc4c(c3)-c3oc5cc(-c6ccc(N(c7ccccc7)c7ccccc7)cc6)ccc5c3[Si]4(c3ccccc3)c3ccccc3)cc2)cc1. The van der Waals surface area contributed by atoms with E-state index in [0.717, 1.165) is 124 Å². The molecule has 0 fully saturated rings. The first-order valence-corrected chi connectivity index (χ1v) is 46.8. The van der Waals surface area contributed by atoms with E-state index in [-0.39, 0.29) is 0 Å². The van der Waals surface area contributed by atoms with E-state index >= 15 is 0 Å². The van der Waals surface area contributed by atoms with E-state index in [1.54, 1.807) is 0 Å². The molecule has 22 rings (SSSR count). The van der Waals surface area contributed by atoms with Crippen LogP contribution in [0.15, 0.2) is 482 Å². The molecule has 580 valence electrons. The number of furan rings is 2. The zero-order valence-corrected chi connectivity index (χ0v) is 69.6. The highest BCUT2D eigenvalue weighted by Crippen LogP contribution is 2.45. The Bertz CT molecular complexity index is 6890. The molecule has 0 aliphatic carbocycles. The Balaban J connectivity index is 0.000000152. The van der Waals surface area contributed by atoms with E-state index in [1.807, 2.05) is 0 Å². The summed E-state index contributed by atoms with van der Waals surface area (Å²) in [5.74, 6) is 2.02. The average molecular weight is 1600 g/mol. The summed E-state index contributed by atoms with van der Waals surface area (Å²) in [5, 5.41) is 10.6. The Morgan fingerprint density at radius 1 is 0.189 bits per heavy atom. The minimum atomic E-state index is -2.85. The summed E-state index contributed by atoms with van der Waals surface area (Å²) >= 11 is 0. The lowest BCUT2D eigenvalue weighted by Crippen LogP contribution is -2.72. The van der Waals surface area contributed by atoms with Crippen LogP contribution in [-0.2, 0) is 0 Å². The van der Waals surface area contributed by atoms with Crippen molar-refractivity contribution in [2.75, 3.05) is 19.6 Å². The van der Waals surface area contributed by atoms with Crippen LogP contribution in [0.2, 0.25) is 13.1 Å². The standard InChI is InChI=1S/C62H44N2OSi.C52H40N2OSi/c1-7-19-49(20-8-1)63(50-21-9-2-10-22-50)53-37-31-45(32-38-53)47-36-42-60-58(43-47)61-62(66(60,55-27-15-5-16-28-55)56-29-17-6-18-30-56)57-41-35-48(44-59(57)65-61)46-33-39-54(40-34-46)64(51-23-11-3-12-24-51)52-25-13-4-14-26-52;1-56(2)50-34-28-39(37-23-29-45(30-24-37)53(41-15-7-3-8-16-41)42-17-9-4-10-18-42)35-48(50)51-52(56)47-33-27-40(36-49(47)55-51)38-25-31-46(32-26-38)54(43-19-11-5-12-20-43)44-21-13-6-14-22-44/h1-44H;3-36H,1-2H3. The summed E-state index contributed by atoms with van der Waals surface area (Å²) in [5.41, 5.74) is 26.9. The third-order valence-corrected chi connectivity index (χ3v) is 32.8. The number of anilines is 12. The van der Waals surface area contributed by atoms with Gasteiger partial charge in [0.2, 0.25) is 0 Å². The maximum absolute atomic E-state index is 7.23.